The molecule has 3 rings (SSSR count). The number of para-hydroxylation sites is 1. The molecule has 0 amide bonds. The van der Waals surface area contributed by atoms with Crippen LogP contribution >= 0.6 is 11.6 Å². The van der Waals surface area contributed by atoms with Crippen molar-refractivity contribution in [1.29, 1.82) is 0 Å². The van der Waals surface area contributed by atoms with Crippen molar-refractivity contribution < 1.29 is 26.3 Å². The van der Waals surface area contributed by atoms with Crippen molar-refractivity contribution in [3.05, 3.63) is 59.1 Å². The van der Waals surface area contributed by atoms with Crippen LogP contribution in [0.3, 0.4) is 0 Å². The van der Waals surface area contributed by atoms with Gasteiger partial charge in [-0.15, -0.1) is 0 Å². The van der Waals surface area contributed by atoms with Gasteiger partial charge in [0.1, 0.15) is 12.4 Å². The second kappa shape index (κ2) is 8.91. The van der Waals surface area contributed by atoms with Crippen molar-refractivity contribution in [2.45, 2.75) is 11.1 Å². The lowest BCUT2D eigenvalue weighted by atomic mass is 10.2. The molecule has 0 bridgehead atoms. The van der Waals surface area contributed by atoms with Crippen LogP contribution < -0.4 is 4.74 Å². The highest BCUT2D eigenvalue weighted by Crippen LogP contribution is 2.31. The maximum Gasteiger partial charge on any atom is 0.416 e. The molecule has 0 aliphatic carbocycles. The zero-order chi connectivity index (χ0) is 21.1. The summed E-state index contributed by atoms with van der Waals surface area (Å²) in [5, 5.41) is 0.518. The van der Waals surface area contributed by atoms with E-state index < -0.39 is 21.8 Å². The Morgan fingerprint density at radius 2 is 1.69 bits per heavy atom. The van der Waals surface area contributed by atoms with Crippen molar-refractivity contribution in [2.75, 3.05) is 39.3 Å². The van der Waals surface area contributed by atoms with Gasteiger partial charge in [-0.25, -0.2) is 8.42 Å². The number of rotatable bonds is 6. The van der Waals surface area contributed by atoms with E-state index in [0.717, 1.165) is 12.1 Å². The molecule has 5 nitrogen and oxygen atoms in total. The van der Waals surface area contributed by atoms with Crippen molar-refractivity contribution in [2.24, 2.45) is 0 Å². The van der Waals surface area contributed by atoms with E-state index in [-0.39, 0.29) is 18.0 Å². The fraction of sp³-hybridized carbons (Fsp3) is 0.368. The van der Waals surface area contributed by atoms with Crippen molar-refractivity contribution in [3.63, 3.8) is 0 Å². The quantitative estimate of drug-likeness (QED) is 0.675. The summed E-state index contributed by atoms with van der Waals surface area (Å²) >= 11 is 6.03. The van der Waals surface area contributed by atoms with Crippen LogP contribution in [-0.2, 0) is 16.2 Å². The van der Waals surface area contributed by atoms with Crippen LogP contribution in [0, 0.1) is 0 Å². The first-order valence-electron chi connectivity index (χ1n) is 8.95. The molecule has 2 aromatic carbocycles. The van der Waals surface area contributed by atoms with E-state index in [1.54, 1.807) is 18.2 Å². The molecular weight excluding hydrogens is 429 g/mol. The van der Waals surface area contributed by atoms with E-state index in [0.29, 0.717) is 43.1 Å². The van der Waals surface area contributed by atoms with Gasteiger partial charge in [-0.3, -0.25) is 4.90 Å². The van der Waals surface area contributed by atoms with Gasteiger partial charge < -0.3 is 4.74 Å². The highest BCUT2D eigenvalue weighted by molar-refractivity contribution is 7.89. The summed E-state index contributed by atoms with van der Waals surface area (Å²) in [4.78, 5) is 1.69. The molecule has 0 saturated carbocycles. The first kappa shape index (κ1) is 21.9. The lowest BCUT2D eigenvalue weighted by Crippen LogP contribution is -2.49. The maximum atomic E-state index is 12.9. The van der Waals surface area contributed by atoms with Crippen LogP contribution in [0.25, 0.3) is 0 Å². The summed E-state index contributed by atoms with van der Waals surface area (Å²) < 4.78 is 70.9. The molecule has 0 atom stereocenters. The molecule has 158 valence electrons. The van der Waals surface area contributed by atoms with Gasteiger partial charge in [0.25, 0.3) is 0 Å². The second-order valence-corrected chi connectivity index (χ2v) is 8.90. The Bertz CT molecular complexity index is 946. The van der Waals surface area contributed by atoms with Crippen molar-refractivity contribution in [3.8, 4) is 5.75 Å². The van der Waals surface area contributed by atoms with E-state index >= 15 is 0 Å². The highest BCUT2D eigenvalue weighted by Gasteiger charge is 2.33. The SMILES string of the molecule is O=S(=O)(c1cccc(C(F)(F)F)c1)N1CCN(CCOc2ccccc2Cl)CC1. The second-order valence-electron chi connectivity index (χ2n) is 6.55. The monoisotopic (exact) mass is 448 g/mol. The molecule has 1 aliphatic heterocycles. The van der Waals surface area contributed by atoms with E-state index in [2.05, 4.69) is 0 Å². The van der Waals surface area contributed by atoms with Gasteiger partial charge >= 0.3 is 6.18 Å². The topological polar surface area (TPSA) is 49.9 Å². The molecular formula is C19H20ClF3N2O3S. The van der Waals surface area contributed by atoms with Gasteiger partial charge in [0.2, 0.25) is 10.0 Å². The third-order valence-electron chi connectivity index (χ3n) is 4.63. The van der Waals surface area contributed by atoms with Crippen molar-refractivity contribution in [1.82, 2.24) is 9.21 Å². The Morgan fingerprint density at radius 3 is 2.34 bits per heavy atom. The molecule has 29 heavy (non-hydrogen) atoms. The third kappa shape index (κ3) is 5.42. The van der Waals surface area contributed by atoms with E-state index in [1.165, 1.54) is 10.4 Å². The molecule has 10 heteroatoms. The zero-order valence-corrected chi connectivity index (χ0v) is 17.0. The molecule has 2 aromatic rings. The first-order chi connectivity index (χ1) is 13.7. The van der Waals surface area contributed by atoms with E-state index in [9.17, 15) is 21.6 Å². The normalized spacial score (nSPS) is 16.7. The predicted molar refractivity (Wildman–Crippen MR) is 104 cm³/mol. The summed E-state index contributed by atoms with van der Waals surface area (Å²) in [6.45, 7) is 2.30. The predicted octanol–water partition coefficient (Wildman–Crippen LogP) is 3.74. The molecule has 0 unspecified atom stereocenters. The fourth-order valence-corrected chi connectivity index (χ4v) is 4.68. The number of sulfonamides is 1. The average molecular weight is 449 g/mol. The summed E-state index contributed by atoms with van der Waals surface area (Å²) in [5.74, 6) is 0.583. The average Bonchev–Trinajstić information content (AvgIpc) is 2.69. The standard InChI is InChI=1S/C19H20ClF3N2O3S/c20-17-6-1-2-7-18(17)28-13-12-24-8-10-25(11-9-24)29(26,27)16-5-3-4-15(14-16)19(21,22)23/h1-7,14H,8-13H2. The van der Waals surface area contributed by atoms with Gasteiger partial charge in [-0.1, -0.05) is 29.8 Å². The number of hydrogen-bond donors (Lipinski definition) is 0. The first-order valence-corrected chi connectivity index (χ1v) is 10.8. The lowest BCUT2D eigenvalue weighted by Gasteiger charge is -2.33. The Morgan fingerprint density at radius 1 is 1.00 bits per heavy atom. The number of alkyl halides is 3. The van der Waals surface area contributed by atoms with Gasteiger partial charge in [-0.05, 0) is 30.3 Å². The molecule has 1 fully saturated rings. The zero-order valence-electron chi connectivity index (χ0n) is 15.4. The minimum Gasteiger partial charge on any atom is -0.491 e. The number of nitrogens with zero attached hydrogens (tertiary/aromatic N) is 2. The molecule has 0 spiro atoms. The summed E-state index contributed by atoms with van der Waals surface area (Å²) in [5.41, 5.74) is -0.978. The third-order valence-corrected chi connectivity index (χ3v) is 6.84. The molecule has 1 heterocycles. The van der Waals surface area contributed by atoms with E-state index in [1.807, 2.05) is 11.0 Å². The van der Waals surface area contributed by atoms with Crippen LogP contribution in [0.2, 0.25) is 5.02 Å². The lowest BCUT2D eigenvalue weighted by molar-refractivity contribution is -0.137. The molecule has 0 aromatic heterocycles. The number of piperazine rings is 1. The molecule has 0 radical (unpaired) electrons. The van der Waals surface area contributed by atoms with Crippen molar-refractivity contribution >= 4 is 21.6 Å². The number of halogens is 4. The largest absolute Gasteiger partial charge is 0.491 e. The molecule has 1 aliphatic rings. The van der Waals surface area contributed by atoms with Crippen LogP contribution in [-0.4, -0.2) is 57.0 Å². The van der Waals surface area contributed by atoms with Crippen LogP contribution in [0.5, 0.6) is 5.75 Å². The number of benzene rings is 2. The summed E-state index contributed by atoms with van der Waals surface area (Å²) in [7, 11) is -3.98. The fourth-order valence-electron chi connectivity index (χ4n) is 3.02. The Hall–Kier alpha value is -1.81. The smallest absolute Gasteiger partial charge is 0.416 e. The Balaban J connectivity index is 1.55. The summed E-state index contributed by atoms with van der Waals surface area (Å²) in [6, 6.07) is 11.0. The molecule has 1 saturated heterocycles. The number of hydrogen-bond acceptors (Lipinski definition) is 4. The van der Waals surface area contributed by atoms with E-state index in [4.69, 9.17) is 16.3 Å². The number of ether oxygens (including phenoxy) is 1. The van der Waals surface area contributed by atoms with Gasteiger partial charge in [0.05, 0.1) is 15.5 Å². The van der Waals surface area contributed by atoms with Gasteiger partial charge in [0.15, 0.2) is 0 Å². The van der Waals surface area contributed by atoms with Crippen LogP contribution in [0.15, 0.2) is 53.4 Å². The van der Waals surface area contributed by atoms with Gasteiger partial charge in [0, 0.05) is 32.7 Å². The summed E-state index contributed by atoms with van der Waals surface area (Å²) in [6.07, 6.45) is -4.59. The Kier molecular flexibility index (Phi) is 6.72. The maximum absolute atomic E-state index is 12.9. The van der Waals surface area contributed by atoms with Crippen LogP contribution in [0.1, 0.15) is 5.56 Å². The molecule has 0 N–H and O–H groups in total. The highest BCUT2D eigenvalue weighted by atomic mass is 35.5. The minimum atomic E-state index is -4.59. The van der Waals surface area contributed by atoms with Gasteiger partial charge in [-0.2, -0.15) is 17.5 Å². The minimum absolute atomic E-state index is 0.199. The van der Waals surface area contributed by atoms with Crippen LogP contribution in [0.4, 0.5) is 13.2 Å². The Labute approximate surface area is 172 Å².